The Kier molecular flexibility index (Phi) is 6.43. The van der Waals surface area contributed by atoms with Gasteiger partial charge in [0.05, 0.1) is 17.1 Å². The van der Waals surface area contributed by atoms with Crippen molar-refractivity contribution >= 4 is 44.2 Å². The fourth-order valence-electron chi connectivity index (χ4n) is 3.22. The zero-order valence-electron chi connectivity index (χ0n) is 16.0. The molecule has 2 atom stereocenters. The van der Waals surface area contributed by atoms with Crippen LogP contribution in [0.3, 0.4) is 0 Å². The molecule has 0 saturated carbocycles. The first-order valence-corrected chi connectivity index (χ1v) is 11.5. The van der Waals surface area contributed by atoms with Crippen LogP contribution in [0.2, 0.25) is 0 Å². The second kappa shape index (κ2) is 8.48. The number of nitrogens with zero attached hydrogens (tertiary/aromatic N) is 1. The molecule has 0 radical (unpaired) electrons. The fourth-order valence-corrected chi connectivity index (χ4v) is 5.45. The molecule has 0 aliphatic carbocycles. The van der Waals surface area contributed by atoms with Crippen LogP contribution in [0.1, 0.15) is 29.8 Å². The fraction of sp³-hybridized carbons (Fsp3) is 0.350. The van der Waals surface area contributed by atoms with Crippen LogP contribution in [-0.4, -0.2) is 43.9 Å². The van der Waals surface area contributed by atoms with Crippen molar-refractivity contribution in [2.24, 2.45) is 0 Å². The zero-order valence-corrected chi connectivity index (χ0v) is 19.0. The molecular weight excluding hydrogens is 491 g/mol. The van der Waals surface area contributed by atoms with Gasteiger partial charge in [0, 0.05) is 27.9 Å². The van der Waals surface area contributed by atoms with E-state index in [-0.39, 0.29) is 23.0 Å². The van der Waals surface area contributed by atoms with E-state index in [0.717, 1.165) is 14.8 Å². The summed E-state index contributed by atoms with van der Waals surface area (Å²) in [6.45, 7) is 6.29. The van der Waals surface area contributed by atoms with E-state index in [1.807, 2.05) is 39.0 Å². The summed E-state index contributed by atoms with van der Waals surface area (Å²) in [6, 6.07) is 11.8. The van der Waals surface area contributed by atoms with E-state index in [0.29, 0.717) is 18.7 Å². The molecule has 0 aromatic heterocycles. The number of hydrogen-bond acceptors (Lipinski definition) is 4. The summed E-state index contributed by atoms with van der Waals surface area (Å²) in [4.78, 5) is 12.7. The SMILES string of the molecule is Cc1cc(I)ccc1NC(=O)c1ccc(S(=O)(=O)N2C[C@@H](C)O[C@H](C)C2)cc1. The minimum absolute atomic E-state index is 0.152. The summed E-state index contributed by atoms with van der Waals surface area (Å²) in [6.07, 6.45) is -0.304. The average molecular weight is 514 g/mol. The quantitative estimate of drug-likeness (QED) is 0.633. The van der Waals surface area contributed by atoms with E-state index in [4.69, 9.17) is 4.74 Å². The summed E-state index contributed by atoms with van der Waals surface area (Å²) in [5.41, 5.74) is 2.11. The maximum atomic E-state index is 12.9. The summed E-state index contributed by atoms with van der Waals surface area (Å²) in [7, 11) is -3.62. The molecule has 1 amide bonds. The summed E-state index contributed by atoms with van der Waals surface area (Å²) in [5, 5.41) is 2.87. The lowest BCUT2D eigenvalue weighted by Gasteiger charge is -2.34. The Morgan fingerprint density at radius 2 is 1.71 bits per heavy atom. The average Bonchev–Trinajstić information content (AvgIpc) is 2.63. The van der Waals surface area contributed by atoms with Crippen molar-refractivity contribution in [1.29, 1.82) is 0 Å². The number of anilines is 1. The van der Waals surface area contributed by atoms with Gasteiger partial charge < -0.3 is 10.1 Å². The number of nitrogens with one attached hydrogen (secondary N) is 1. The van der Waals surface area contributed by atoms with Gasteiger partial charge in [0.25, 0.3) is 5.91 Å². The van der Waals surface area contributed by atoms with E-state index >= 15 is 0 Å². The highest BCUT2D eigenvalue weighted by atomic mass is 127. The van der Waals surface area contributed by atoms with Gasteiger partial charge in [-0.05, 0) is 91.4 Å². The molecule has 28 heavy (non-hydrogen) atoms. The van der Waals surface area contributed by atoms with Crippen molar-refractivity contribution in [2.75, 3.05) is 18.4 Å². The molecule has 1 aliphatic rings. The lowest BCUT2D eigenvalue weighted by Crippen LogP contribution is -2.48. The molecular formula is C20H23IN2O4S. The minimum atomic E-state index is -3.62. The highest BCUT2D eigenvalue weighted by Gasteiger charge is 2.32. The molecule has 1 heterocycles. The van der Waals surface area contributed by atoms with Crippen LogP contribution < -0.4 is 5.32 Å². The number of rotatable bonds is 4. The standard InChI is InChI=1S/C20H23IN2O4S/c1-13-10-17(21)6-9-19(13)22-20(24)16-4-7-18(8-5-16)28(25,26)23-11-14(2)27-15(3)12-23/h4-10,14-15H,11-12H2,1-3H3,(H,22,24)/t14-,15-/m1/s1. The second-order valence-electron chi connectivity index (χ2n) is 7.02. The van der Waals surface area contributed by atoms with E-state index in [1.54, 1.807) is 0 Å². The first-order valence-electron chi connectivity index (χ1n) is 9.00. The Morgan fingerprint density at radius 1 is 1.11 bits per heavy atom. The van der Waals surface area contributed by atoms with Gasteiger partial charge >= 0.3 is 0 Å². The first kappa shape index (κ1) is 21.2. The molecule has 8 heteroatoms. The van der Waals surface area contributed by atoms with Crippen LogP contribution in [0, 0.1) is 10.5 Å². The molecule has 2 aromatic carbocycles. The number of morpholine rings is 1. The Morgan fingerprint density at radius 3 is 2.29 bits per heavy atom. The summed E-state index contributed by atoms with van der Waals surface area (Å²) >= 11 is 2.22. The van der Waals surface area contributed by atoms with E-state index in [2.05, 4.69) is 27.9 Å². The molecule has 6 nitrogen and oxygen atoms in total. The third-order valence-corrected chi connectivity index (χ3v) is 7.09. The molecule has 150 valence electrons. The van der Waals surface area contributed by atoms with Crippen LogP contribution in [0.4, 0.5) is 5.69 Å². The number of carbonyl (C=O) groups is 1. The number of carbonyl (C=O) groups excluding carboxylic acids is 1. The van der Waals surface area contributed by atoms with Crippen molar-refractivity contribution in [3.05, 3.63) is 57.2 Å². The lowest BCUT2D eigenvalue weighted by atomic mass is 10.1. The highest BCUT2D eigenvalue weighted by Crippen LogP contribution is 2.22. The maximum absolute atomic E-state index is 12.9. The first-order chi connectivity index (χ1) is 13.2. The number of hydrogen-bond donors (Lipinski definition) is 1. The minimum Gasteiger partial charge on any atom is -0.373 e. The summed E-state index contributed by atoms with van der Waals surface area (Å²) < 4.78 is 33.9. The Balaban J connectivity index is 1.76. The largest absolute Gasteiger partial charge is 0.373 e. The van der Waals surface area contributed by atoms with Crippen molar-refractivity contribution in [1.82, 2.24) is 4.31 Å². The summed E-state index contributed by atoms with van der Waals surface area (Å²) in [5.74, 6) is -0.276. The number of ether oxygens (including phenoxy) is 1. The molecule has 0 spiro atoms. The predicted octanol–water partition coefficient (Wildman–Crippen LogP) is 3.65. The number of aryl methyl sites for hydroxylation is 1. The predicted molar refractivity (Wildman–Crippen MR) is 117 cm³/mol. The van der Waals surface area contributed by atoms with Crippen LogP contribution in [0.25, 0.3) is 0 Å². The van der Waals surface area contributed by atoms with Crippen molar-refractivity contribution in [2.45, 2.75) is 37.9 Å². The van der Waals surface area contributed by atoms with Gasteiger partial charge in [0.15, 0.2) is 0 Å². The Hall–Kier alpha value is -1.49. The zero-order chi connectivity index (χ0) is 20.5. The van der Waals surface area contributed by atoms with Crippen LogP contribution >= 0.6 is 22.6 Å². The molecule has 0 unspecified atom stereocenters. The van der Waals surface area contributed by atoms with Gasteiger partial charge in [0.1, 0.15) is 0 Å². The second-order valence-corrected chi connectivity index (χ2v) is 10.2. The van der Waals surface area contributed by atoms with E-state index < -0.39 is 10.0 Å². The van der Waals surface area contributed by atoms with Crippen molar-refractivity contribution < 1.29 is 17.9 Å². The number of halogens is 1. The molecule has 0 bridgehead atoms. The molecule has 2 aromatic rings. The van der Waals surface area contributed by atoms with E-state index in [1.165, 1.54) is 28.6 Å². The number of sulfonamides is 1. The third kappa shape index (κ3) is 4.73. The highest BCUT2D eigenvalue weighted by molar-refractivity contribution is 14.1. The normalized spacial score (nSPS) is 20.7. The number of amides is 1. The monoisotopic (exact) mass is 514 g/mol. The Labute approximate surface area is 179 Å². The van der Waals surface area contributed by atoms with Crippen LogP contribution in [0.15, 0.2) is 47.4 Å². The maximum Gasteiger partial charge on any atom is 0.255 e. The van der Waals surface area contributed by atoms with Gasteiger partial charge in [-0.25, -0.2) is 8.42 Å². The van der Waals surface area contributed by atoms with Gasteiger partial charge in [-0.2, -0.15) is 4.31 Å². The molecule has 1 aliphatic heterocycles. The molecule has 1 saturated heterocycles. The molecule has 1 N–H and O–H groups in total. The number of benzene rings is 2. The third-order valence-electron chi connectivity index (χ3n) is 4.58. The smallest absolute Gasteiger partial charge is 0.255 e. The Bertz CT molecular complexity index is 966. The van der Waals surface area contributed by atoms with Gasteiger partial charge in [-0.3, -0.25) is 4.79 Å². The van der Waals surface area contributed by atoms with Gasteiger partial charge in [0.2, 0.25) is 10.0 Å². The van der Waals surface area contributed by atoms with Crippen LogP contribution in [-0.2, 0) is 14.8 Å². The van der Waals surface area contributed by atoms with Crippen molar-refractivity contribution in [3.63, 3.8) is 0 Å². The van der Waals surface area contributed by atoms with Gasteiger partial charge in [-0.15, -0.1) is 0 Å². The topological polar surface area (TPSA) is 75.7 Å². The van der Waals surface area contributed by atoms with Crippen LogP contribution in [0.5, 0.6) is 0 Å². The lowest BCUT2D eigenvalue weighted by molar-refractivity contribution is -0.0440. The molecule has 3 rings (SSSR count). The van der Waals surface area contributed by atoms with Crippen molar-refractivity contribution in [3.8, 4) is 0 Å². The van der Waals surface area contributed by atoms with E-state index in [9.17, 15) is 13.2 Å². The molecule has 1 fully saturated rings. The van der Waals surface area contributed by atoms with Gasteiger partial charge in [-0.1, -0.05) is 0 Å².